The summed E-state index contributed by atoms with van der Waals surface area (Å²) in [6.07, 6.45) is 0.979. The summed E-state index contributed by atoms with van der Waals surface area (Å²) in [5.74, 6) is 0.871. The third-order valence-electron chi connectivity index (χ3n) is 4.01. The van der Waals surface area contributed by atoms with E-state index >= 15 is 0 Å². The van der Waals surface area contributed by atoms with Gasteiger partial charge in [-0.05, 0) is 30.2 Å². The first-order valence-electron chi connectivity index (χ1n) is 7.82. The van der Waals surface area contributed by atoms with E-state index < -0.39 is 0 Å². The van der Waals surface area contributed by atoms with E-state index in [1.54, 1.807) is 22.7 Å². The normalized spacial score (nSPS) is 17.1. The van der Waals surface area contributed by atoms with Gasteiger partial charge in [0, 0.05) is 23.5 Å². The molecular formula is C18H18Cl2N2OS. The number of carbonyl (C=O) groups is 1. The Bertz CT molecular complexity index is 736. The first-order chi connectivity index (χ1) is 11.6. The average Bonchev–Trinajstić information content (AvgIpc) is 3.07. The number of thioether (sulfide) groups is 1. The van der Waals surface area contributed by atoms with Gasteiger partial charge in [-0.3, -0.25) is 0 Å². The molecule has 0 aromatic heterocycles. The first-order valence-corrected chi connectivity index (χ1v) is 9.62. The monoisotopic (exact) mass is 380 g/mol. The molecule has 1 fully saturated rings. The highest BCUT2D eigenvalue weighted by atomic mass is 35.5. The van der Waals surface area contributed by atoms with Crippen LogP contribution in [-0.4, -0.2) is 23.2 Å². The lowest BCUT2D eigenvalue weighted by Gasteiger charge is -2.25. The van der Waals surface area contributed by atoms with Crippen molar-refractivity contribution < 1.29 is 4.79 Å². The maximum atomic E-state index is 12.7. The summed E-state index contributed by atoms with van der Waals surface area (Å²) >= 11 is 14.1. The Labute approximate surface area is 156 Å². The molecule has 24 heavy (non-hydrogen) atoms. The smallest absolute Gasteiger partial charge is 0.308 e. The third-order valence-corrected chi connectivity index (χ3v) is 6.09. The van der Waals surface area contributed by atoms with Crippen LogP contribution in [0.5, 0.6) is 0 Å². The largest absolute Gasteiger partial charge is 0.323 e. The number of hydrogen-bond acceptors (Lipinski definition) is 2. The van der Waals surface area contributed by atoms with Gasteiger partial charge in [0.15, 0.2) is 0 Å². The summed E-state index contributed by atoms with van der Waals surface area (Å²) in [6.45, 7) is 2.78. The number of aryl methyl sites for hydroxylation is 1. The SMILES string of the molecule is CCc1ccc(NC(=O)N2CCS[C@@H]2c2cccc(Cl)c2Cl)cc1. The van der Waals surface area contributed by atoms with Gasteiger partial charge in [-0.2, -0.15) is 0 Å². The summed E-state index contributed by atoms with van der Waals surface area (Å²) in [5.41, 5.74) is 2.92. The molecule has 126 valence electrons. The molecule has 0 aliphatic carbocycles. The molecule has 0 saturated carbocycles. The van der Waals surface area contributed by atoms with Gasteiger partial charge in [-0.15, -0.1) is 11.8 Å². The van der Waals surface area contributed by atoms with Crippen LogP contribution in [0.4, 0.5) is 10.5 Å². The highest BCUT2D eigenvalue weighted by molar-refractivity contribution is 7.99. The zero-order chi connectivity index (χ0) is 17.1. The molecular weight excluding hydrogens is 363 g/mol. The van der Waals surface area contributed by atoms with E-state index in [4.69, 9.17) is 23.2 Å². The van der Waals surface area contributed by atoms with E-state index in [0.29, 0.717) is 16.6 Å². The van der Waals surface area contributed by atoms with Gasteiger partial charge in [0.25, 0.3) is 0 Å². The van der Waals surface area contributed by atoms with Gasteiger partial charge in [-0.25, -0.2) is 4.79 Å². The van der Waals surface area contributed by atoms with Gasteiger partial charge in [0.2, 0.25) is 0 Å². The van der Waals surface area contributed by atoms with Crippen LogP contribution < -0.4 is 5.32 Å². The van der Waals surface area contributed by atoms with E-state index in [1.807, 2.05) is 36.4 Å². The average molecular weight is 381 g/mol. The fourth-order valence-electron chi connectivity index (χ4n) is 2.67. The fraction of sp³-hybridized carbons (Fsp3) is 0.278. The number of anilines is 1. The Kier molecular flexibility index (Phi) is 5.59. The third kappa shape index (κ3) is 3.66. The van der Waals surface area contributed by atoms with Crippen molar-refractivity contribution in [1.82, 2.24) is 4.90 Å². The van der Waals surface area contributed by atoms with Crippen molar-refractivity contribution in [2.75, 3.05) is 17.6 Å². The van der Waals surface area contributed by atoms with Gasteiger partial charge >= 0.3 is 6.03 Å². The zero-order valence-electron chi connectivity index (χ0n) is 13.3. The summed E-state index contributed by atoms with van der Waals surface area (Å²) in [4.78, 5) is 14.5. The number of carbonyl (C=O) groups excluding carboxylic acids is 1. The number of nitrogens with zero attached hydrogens (tertiary/aromatic N) is 1. The Morgan fingerprint density at radius 1 is 1.25 bits per heavy atom. The number of hydrogen-bond donors (Lipinski definition) is 1. The van der Waals surface area contributed by atoms with Crippen molar-refractivity contribution in [2.45, 2.75) is 18.7 Å². The predicted octanol–water partition coefficient (Wildman–Crippen LogP) is 5.84. The lowest BCUT2D eigenvalue weighted by atomic mass is 10.1. The molecule has 2 aromatic rings. The maximum Gasteiger partial charge on any atom is 0.323 e. The highest BCUT2D eigenvalue weighted by Gasteiger charge is 2.32. The summed E-state index contributed by atoms with van der Waals surface area (Å²) < 4.78 is 0. The molecule has 0 bridgehead atoms. The van der Waals surface area contributed by atoms with Crippen LogP contribution in [0, 0.1) is 0 Å². The standard InChI is InChI=1S/C18H18Cl2N2OS/c1-2-12-6-8-13(9-7-12)21-18(23)22-10-11-24-17(22)14-4-3-5-15(19)16(14)20/h3-9,17H,2,10-11H2,1H3,(H,21,23)/t17-/m1/s1. The summed E-state index contributed by atoms with van der Waals surface area (Å²) in [6, 6.07) is 13.3. The van der Waals surface area contributed by atoms with Crippen molar-refractivity contribution >= 4 is 46.7 Å². The topological polar surface area (TPSA) is 32.3 Å². The van der Waals surface area contributed by atoms with Gasteiger partial charge in [-0.1, -0.05) is 54.4 Å². The van der Waals surface area contributed by atoms with Crippen molar-refractivity contribution in [3.8, 4) is 0 Å². The minimum atomic E-state index is -0.120. The second-order valence-corrected chi connectivity index (χ2v) is 7.51. The summed E-state index contributed by atoms with van der Waals surface area (Å²) in [7, 11) is 0. The van der Waals surface area contributed by atoms with Gasteiger partial charge < -0.3 is 10.2 Å². The molecule has 1 N–H and O–H groups in total. The first kappa shape index (κ1) is 17.5. The highest BCUT2D eigenvalue weighted by Crippen LogP contribution is 2.42. The lowest BCUT2D eigenvalue weighted by Crippen LogP contribution is -2.34. The minimum Gasteiger partial charge on any atom is -0.308 e. The van der Waals surface area contributed by atoms with Crippen molar-refractivity contribution in [3.63, 3.8) is 0 Å². The Morgan fingerprint density at radius 3 is 2.71 bits per heavy atom. The number of rotatable bonds is 3. The molecule has 3 nitrogen and oxygen atoms in total. The van der Waals surface area contributed by atoms with Crippen molar-refractivity contribution in [1.29, 1.82) is 0 Å². The number of halogens is 2. The van der Waals surface area contributed by atoms with Crippen molar-refractivity contribution in [3.05, 3.63) is 63.6 Å². The van der Waals surface area contributed by atoms with Crippen molar-refractivity contribution in [2.24, 2.45) is 0 Å². The Hall–Kier alpha value is -1.36. The van der Waals surface area contributed by atoms with Crippen LogP contribution in [0.3, 0.4) is 0 Å². The van der Waals surface area contributed by atoms with Crippen LogP contribution in [0.15, 0.2) is 42.5 Å². The quantitative estimate of drug-likeness (QED) is 0.725. The molecule has 1 saturated heterocycles. The Balaban J connectivity index is 1.77. The van der Waals surface area contributed by atoms with E-state index in [-0.39, 0.29) is 11.4 Å². The van der Waals surface area contributed by atoms with E-state index in [1.165, 1.54) is 5.56 Å². The lowest BCUT2D eigenvalue weighted by molar-refractivity contribution is 0.214. The number of nitrogens with one attached hydrogen (secondary N) is 1. The predicted molar refractivity (Wildman–Crippen MR) is 103 cm³/mol. The maximum absolute atomic E-state index is 12.7. The number of amides is 2. The molecule has 1 atom stereocenters. The van der Waals surface area contributed by atoms with E-state index in [9.17, 15) is 4.79 Å². The van der Waals surface area contributed by atoms with Crippen LogP contribution in [0.1, 0.15) is 23.4 Å². The second-order valence-electron chi connectivity index (χ2n) is 5.54. The fourth-order valence-corrected chi connectivity index (χ4v) is 4.42. The molecule has 0 spiro atoms. The number of benzene rings is 2. The molecule has 0 unspecified atom stereocenters. The van der Waals surface area contributed by atoms with Gasteiger partial charge in [0.05, 0.1) is 10.0 Å². The zero-order valence-corrected chi connectivity index (χ0v) is 15.6. The van der Waals surface area contributed by atoms with Gasteiger partial charge in [0.1, 0.15) is 5.37 Å². The van der Waals surface area contributed by atoms with Crippen LogP contribution in [0.2, 0.25) is 10.0 Å². The molecule has 6 heteroatoms. The van der Waals surface area contributed by atoms with Crippen LogP contribution in [0.25, 0.3) is 0 Å². The molecule has 1 aliphatic rings. The molecule has 3 rings (SSSR count). The molecule has 2 amide bonds. The Morgan fingerprint density at radius 2 is 2.00 bits per heavy atom. The van der Waals surface area contributed by atoms with E-state index in [2.05, 4.69) is 12.2 Å². The molecule has 1 heterocycles. The molecule has 1 aliphatic heterocycles. The van der Waals surface area contributed by atoms with Crippen LogP contribution >= 0.6 is 35.0 Å². The molecule has 2 aromatic carbocycles. The van der Waals surface area contributed by atoms with Crippen LogP contribution in [-0.2, 0) is 6.42 Å². The summed E-state index contributed by atoms with van der Waals surface area (Å²) in [5, 5.41) is 3.88. The van der Waals surface area contributed by atoms with E-state index in [0.717, 1.165) is 23.4 Å². The molecule has 0 radical (unpaired) electrons. The minimum absolute atomic E-state index is 0.119. The second kappa shape index (κ2) is 7.68. The number of urea groups is 1.